The van der Waals surface area contributed by atoms with Crippen molar-refractivity contribution < 1.29 is 4.79 Å². The molecule has 0 atom stereocenters. The predicted molar refractivity (Wildman–Crippen MR) is 88.2 cm³/mol. The van der Waals surface area contributed by atoms with E-state index in [-0.39, 0.29) is 30.7 Å². The highest BCUT2D eigenvalue weighted by molar-refractivity contribution is 5.85. The van der Waals surface area contributed by atoms with Crippen LogP contribution in [0.4, 0.5) is 5.69 Å². The smallest absolute Gasteiger partial charge is 0.221 e. The fraction of sp³-hybridized carbons (Fsp3) is 0.500. The summed E-state index contributed by atoms with van der Waals surface area (Å²) >= 11 is 0. The van der Waals surface area contributed by atoms with Crippen LogP contribution in [-0.4, -0.2) is 32.1 Å². The number of hydrogen-bond acceptors (Lipinski definition) is 3. The van der Waals surface area contributed by atoms with Crippen LogP contribution in [0.1, 0.15) is 18.4 Å². The summed E-state index contributed by atoms with van der Waals surface area (Å²) < 4.78 is 0. The Morgan fingerprint density at radius 2 is 2.05 bits per heavy atom. The number of amides is 1. The highest BCUT2D eigenvalue weighted by atomic mass is 35.5. The Labute approximate surface area is 132 Å². The zero-order valence-corrected chi connectivity index (χ0v) is 13.1. The Bertz CT molecular complexity index is 415. The van der Waals surface area contributed by atoms with Gasteiger partial charge in [0.2, 0.25) is 5.91 Å². The molecule has 1 aromatic carbocycles. The van der Waals surface area contributed by atoms with E-state index in [0.29, 0.717) is 13.0 Å². The van der Waals surface area contributed by atoms with Crippen molar-refractivity contribution in [3.8, 4) is 0 Å². The topological polar surface area (TPSA) is 58.4 Å². The molecule has 1 aliphatic rings. The molecule has 4 nitrogen and oxygen atoms in total. The molecule has 0 bridgehead atoms. The molecule has 1 aromatic rings. The average molecular weight is 320 g/mol. The van der Waals surface area contributed by atoms with Crippen molar-refractivity contribution in [1.82, 2.24) is 5.32 Å². The lowest BCUT2D eigenvalue weighted by Crippen LogP contribution is -2.30. The largest absolute Gasteiger partial charge is 0.371 e. The number of halogens is 2. The zero-order valence-electron chi connectivity index (χ0n) is 11.5. The van der Waals surface area contributed by atoms with Crippen molar-refractivity contribution in [1.29, 1.82) is 0 Å². The maximum absolute atomic E-state index is 11.2. The number of fused-ring (bicyclic) bond motifs is 1. The van der Waals surface area contributed by atoms with Crippen molar-refractivity contribution in [2.45, 2.75) is 19.3 Å². The maximum Gasteiger partial charge on any atom is 0.221 e. The molecule has 1 aliphatic heterocycles. The number of nitrogens with one attached hydrogen (secondary N) is 1. The van der Waals surface area contributed by atoms with Crippen molar-refractivity contribution >= 4 is 36.4 Å². The van der Waals surface area contributed by atoms with Crippen LogP contribution in [-0.2, 0) is 11.2 Å². The molecule has 0 spiro atoms. The Kier molecular flexibility index (Phi) is 9.38. The molecule has 114 valence electrons. The summed E-state index contributed by atoms with van der Waals surface area (Å²) in [5.41, 5.74) is 8.10. The first-order valence-electron chi connectivity index (χ1n) is 6.61. The third-order valence-corrected chi connectivity index (χ3v) is 3.28. The van der Waals surface area contributed by atoms with Crippen molar-refractivity contribution in [3.05, 3.63) is 29.8 Å². The molecule has 6 heteroatoms. The van der Waals surface area contributed by atoms with E-state index >= 15 is 0 Å². The molecule has 0 saturated heterocycles. The zero-order chi connectivity index (χ0) is 12.8. The second-order valence-electron chi connectivity index (χ2n) is 4.61. The van der Waals surface area contributed by atoms with Gasteiger partial charge in [0, 0.05) is 38.3 Å². The summed E-state index contributed by atoms with van der Waals surface area (Å²) in [6.07, 6.45) is 2.53. The first-order valence-corrected chi connectivity index (χ1v) is 6.61. The molecule has 3 N–H and O–H groups in total. The average Bonchev–Trinajstić information content (AvgIpc) is 2.78. The predicted octanol–water partition coefficient (Wildman–Crippen LogP) is 1.75. The van der Waals surface area contributed by atoms with Gasteiger partial charge in [0.05, 0.1) is 0 Å². The first-order chi connectivity index (χ1) is 8.81. The van der Waals surface area contributed by atoms with E-state index in [2.05, 4.69) is 34.5 Å². The minimum atomic E-state index is 0. The van der Waals surface area contributed by atoms with E-state index in [0.717, 1.165) is 32.5 Å². The number of nitrogens with zero attached hydrogens (tertiary/aromatic N) is 1. The molecule has 20 heavy (non-hydrogen) atoms. The van der Waals surface area contributed by atoms with E-state index in [1.165, 1.54) is 11.3 Å². The molecule has 0 fully saturated rings. The molecule has 0 unspecified atom stereocenters. The lowest BCUT2D eigenvalue weighted by Gasteiger charge is -2.19. The fourth-order valence-corrected chi connectivity index (χ4v) is 2.36. The Morgan fingerprint density at radius 1 is 1.30 bits per heavy atom. The summed E-state index contributed by atoms with van der Waals surface area (Å²) in [7, 11) is 0. The number of rotatable bonds is 6. The van der Waals surface area contributed by atoms with Gasteiger partial charge < -0.3 is 16.0 Å². The lowest BCUT2D eigenvalue weighted by atomic mass is 10.2. The van der Waals surface area contributed by atoms with Gasteiger partial charge in [0.1, 0.15) is 0 Å². The monoisotopic (exact) mass is 319 g/mol. The van der Waals surface area contributed by atoms with Gasteiger partial charge in [-0.1, -0.05) is 18.2 Å². The van der Waals surface area contributed by atoms with Gasteiger partial charge in [-0.3, -0.25) is 4.79 Å². The molecule has 0 aromatic heterocycles. The van der Waals surface area contributed by atoms with E-state index < -0.39 is 0 Å². The lowest BCUT2D eigenvalue weighted by molar-refractivity contribution is -0.120. The Balaban J connectivity index is 0.00000180. The number of nitrogens with two attached hydrogens (primary N) is 1. The fourth-order valence-electron chi connectivity index (χ4n) is 2.36. The van der Waals surface area contributed by atoms with E-state index in [4.69, 9.17) is 5.73 Å². The summed E-state index contributed by atoms with van der Waals surface area (Å²) in [6, 6.07) is 8.54. The molecular weight excluding hydrogens is 297 g/mol. The molecule has 0 aliphatic carbocycles. The molecule has 1 heterocycles. The van der Waals surface area contributed by atoms with Gasteiger partial charge in [0.25, 0.3) is 0 Å². The van der Waals surface area contributed by atoms with Gasteiger partial charge in [-0.2, -0.15) is 0 Å². The summed E-state index contributed by atoms with van der Waals surface area (Å²) in [4.78, 5) is 13.6. The minimum absolute atomic E-state index is 0. The quantitative estimate of drug-likeness (QED) is 0.785. The van der Waals surface area contributed by atoms with Gasteiger partial charge in [-0.15, -0.1) is 24.8 Å². The van der Waals surface area contributed by atoms with Crippen molar-refractivity contribution in [2.24, 2.45) is 5.73 Å². The third-order valence-electron chi connectivity index (χ3n) is 3.28. The summed E-state index contributed by atoms with van der Waals surface area (Å²) in [5, 5.41) is 2.89. The molecule has 0 saturated carbocycles. The number of carbonyl (C=O) groups excluding carboxylic acids is 1. The van der Waals surface area contributed by atoms with Crippen LogP contribution >= 0.6 is 24.8 Å². The van der Waals surface area contributed by atoms with E-state index in [1.807, 2.05) is 0 Å². The molecule has 0 radical (unpaired) electrons. The second kappa shape index (κ2) is 9.86. The van der Waals surface area contributed by atoms with Gasteiger partial charge >= 0.3 is 0 Å². The van der Waals surface area contributed by atoms with Gasteiger partial charge in [-0.05, 0) is 24.5 Å². The summed E-state index contributed by atoms with van der Waals surface area (Å²) in [6.45, 7) is 3.25. The van der Waals surface area contributed by atoms with Crippen molar-refractivity contribution in [3.63, 3.8) is 0 Å². The molecular formula is C14H23Cl2N3O. The van der Waals surface area contributed by atoms with Crippen LogP contribution < -0.4 is 16.0 Å². The van der Waals surface area contributed by atoms with E-state index in [9.17, 15) is 4.79 Å². The SMILES string of the molecule is Cl.Cl.NCCC(=O)NCCCN1CCc2ccccc21. The van der Waals surface area contributed by atoms with Crippen LogP contribution in [0.2, 0.25) is 0 Å². The van der Waals surface area contributed by atoms with Crippen LogP contribution in [0.25, 0.3) is 0 Å². The molecule has 2 rings (SSSR count). The van der Waals surface area contributed by atoms with Crippen LogP contribution in [0.5, 0.6) is 0 Å². The second-order valence-corrected chi connectivity index (χ2v) is 4.61. The number of para-hydroxylation sites is 1. The first kappa shape index (κ1) is 19.0. The Hall–Kier alpha value is -0.970. The van der Waals surface area contributed by atoms with Crippen LogP contribution in [0.15, 0.2) is 24.3 Å². The minimum Gasteiger partial charge on any atom is -0.371 e. The van der Waals surface area contributed by atoms with Crippen LogP contribution in [0, 0.1) is 0 Å². The normalized spacial score (nSPS) is 12.2. The number of carbonyl (C=O) groups is 1. The number of anilines is 1. The molecule has 1 amide bonds. The van der Waals surface area contributed by atoms with Gasteiger partial charge in [-0.25, -0.2) is 0 Å². The maximum atomic E-state index is 11.2. The van der Waals surface area contributed by atoms with Crippen LogP contribution in [0.3, 0.4) is 0 Å². The van der Waals surface area contributed by atoms with Crippen molar-refractivity contribution in [2.75, 3.05) is 31.1 Å². The number of hydrogen-bond donors (Lipinski definition) is 2. The van der Waals surface area contributed by atoms with Gasteiger partial charge in [0.15, 0.2) is 0 Å². The highest BCUT2D eigenvalue weighted by Gasteiger charge is 2.17. The highest BCUT2D eigenvalue weighted by Crippen LogP contribution is 2.27. The Morgan fingerprint density at radius 3 is 2.80 bits per heavy atom. The summed E-state index contributed by atoms with van der Waals surface area (Å²) in [5.74, 6) is 0.0549. The number of benzene rings is 1. The standard InChI is InChI=1S/C14H21N3O.2ClH/c15-8-6-14(18)16-9-3-10-17-11-7-12-4-1-2-5-13(12)17;;/h1-2,4-5H,3,6-11,15H2,(H,16,18);2*1H. The van der Waals surface area contributed by atoms with E-state index in [1.54, 1.807) is 0 Å². The third kappa shape index (κ3) is 5.19.